The van der Waals surface area contributed by atoms with Crippen LogP contribution >= 0.6 is 11.8 Å². The molecule has 1 rings (SSSR count). The Kier molecular flexibility index (Phi) is 5.87. The van der Waals surface area contributed by atoms with Gasteiger partial charge in [-0.25, -0.2) is 0 Å². The van der Waals surface area contributed by atoms with Gasteiger partial charge in [-0.05, 0) is 12.1 Å². The van der Waals surface area contributed by atoms with Crippen molar-refractivity contribution in [2.24, 2.45) is 0 Å². The normalized spacial score (nSPS) is 11.6. The van der Waals surface area contributed by atoms with Crippen molar-refractivity contribution in [1.82, 2.24) is 0 Å². The number of anilines is 1. The molecule has 0 unspecified atom stereocenters. The van der Waals surface area contributed by atoms with Crippen LogP contribution in [0.3, 0.4) is 0 Å². The highest BCUT2D eigenvalue weighted by atomic mass is 32.2. The van der Waals surface area contributed by atoms with Gasteiger partial charge in [0, 0.05) is 5.69 Å². The van der Waals surface area contributed by atoms with Crippen molar-refractivity contribution in [3.8, 4) is 0 Å². The molecule has 0 aliphatic heterocycles. The zero-order valence-corrected chi connectivity index (χ0v) is 10.7. The molecule has 0 spiro atoms. The van der Waals surface area contributed by atoms with Crippen molar-refractivity contribution in [3.63, 3.8) is 0 Å². The monoisotopic (exact) mass is 283 g/mol. The quantitative estimate of drug-likeness (QED) is 0.696. The molecule has 6 nitrogen and oxygen atoms in total. The zero-order chi connectivity index (χ0) is 14.3. The highest BCUT2D eigenvalue weighted by Gasteiger charge is 2.22. The minimum absolute atomic E-state index is 0.112. The number of para-hydroxylation sites is 1. The number of carboxylic acid groups (broad SMARTS) is 2. The molecule has 0 saturated heterocycles. The lowest BCUT2D eigenvalue weighted by molar-refractivity contribution is -0.142. The first-order chi connectivity index (χ1) is 8.99. The van der Waals surface area contributed by atoms with E-state index in [1.54, 1.807) is 30.3 Å². The molecule has 3 N–H and O–H groups in total. The van der Waals surface area contributed by atoms with E-state index in [-0.39, 0.29) is 11.7 Å². The van der Waals surface area contributed by atoms with Crippen LogP contribution in [0.1, 0.15) is 6.42 Å². The minimum atomic E-state index is -1.24. The van der Waals surface area contributed by atoms with Crippen LogP contribution in [0.4, 0.5) is 5.69 Å². The number of rotatable bonds is 7. The van der Waals surface area contributed by atoms with Gasteiger partial charge in [0.15, 0.2) is 0 Å². The van der Waals surface area contributed by atoms with E-state index in [4.69, 9.17) is 10.2 Å². The van der Waals surface area contributed by atoms with Gasteiger partial charge in [0.25, 0.3) is 0 Å². The molecule has 0 bridgehead atoms. The third-order valence-electron chi connectivity index (χ3n) is 2.11. The summed E-state index contributed by atoms with van der Waals surface area (Å²) in [6.45, 7) is 0. The number of nitrogens with one attached hydrogen (secondary N) is 1. The molecular formula is C12H13NO5S. The second-order valence-electron chi connectivity index (χ2n) is 3.65. The zero-order valence-electron chi connectivity index (χ0n) is 9.91. The maximum Gasteiger partial charge on any atom is 0.317 e. The summed E-state index contributed by atoms with van der Waals surface area (Å²) in [5, 5.41) is 18.8. The Hall–Kier alpha value is -2.02. The molecule has 1 atom stereocenters. The van der Waals surface area contributed by atoms with Gasteiger partial charge >= 0.3 is 11.9 Å². The van der Waals surface area contributed by atoms with Crippen molar-refractivity contribution < 1.29 is 24.6 Å². The van der Waals surface area contributed by atoms with Crippen LogP contribution in [0.15, 0.2) is 30.3 Å². The SMILES string of the molecule is O=C(O)C[C@@H](SCC(=O)Nc1ccccc1)C(=O)O. The number of benzene rings is 1. The summed E-state index contributed by atoms with van der Waals surface area (Å²) in [6.07, 6.45) is -0.515. The van der Waals surface area contributed by atoms with Crippen molar-refractivity contribution in [2.75, 3.05) is 11.1 Å². The predicted molar refractivity (Wildman–Crippen MR) is 71.2 cm³/mol. The number of hydrogen-bond donors (Lipinski definition) is 3. The summed E-state index contributed by atoms with van der Waals surface area (Å²) < 4.78 is 0. The number of carbonyl (C=O) groups is 3. The number of amides is 1. The Balaban J connectivity index is 2.44. The van der Waals surface area contributed by atoms with Crippen molar-refractivity contribution in [1.29, 1.82) is 0 Å². The summed E-state index contributed by atoms with van der Waals surface area (Å²) in [7, 11) is 0. The van der Waals surface area contributed by atoms with Gasteiger partial charge in [0.1, 0.15) is 5.25 Å². The Labute approximate surface area is 113 Å². The average Bonchev–Trinajstić information content (AvgIpc) is 2.35. The van der Waals surface area contributed by atoms with Gasteiger partial charge in [-0.15, -0.1) is 11.8 Å². The number of aliphatic carboxylic acids is 2. The van der Waals surface area contributed by atoms with Gasteiger partial charge in [-0.2, -0.15) is 0 Å². The summed E-state index contributed by atoms with van der Waals surface area (Å²) in [5.74, 6) is -2.92. The lowest BCUT2D eigenvalue weighted by Gasteiger charge is -2.09. The fraction of sp³-hybridized carbons (Fsp3) is 0.250. The molecule has 1 aromatic carbocycles. The molecule has 0 aliphatic carbocycles. The van der Waals surface area contributed by atoms with Crippen molar-refractivity contribution in [3.05, 3.63) is 30.3 Å². The van der Waals surface area contributed by atoms with Crippen LogP contribution in [0, 0.1) is 0 Å². The largest absolute Gasteiger partial charge is 0.481 e. The van der Waals surface area contributed by atoms with Gasteiger partial charge in [-0.3, -0.25) is 14.4 Å². The molecule has 0 aromatic heterocycles. The van der Waals surface area contributed by atoms with E-state index in [0.29, 0.717) is 5.69 Å². The molecule has 0 heterocycles. The minimum Gasteiger partial charge on any atom is -0.481 e. The Morgan fingerprint density at radius 1 is 1.16 bits per heavy atom. The molecule has 19 heavy (non-hydrogen) atoms. The number of carboxylic acids is 2. The first-order valence-corrected chi connectivity index (χ1v) is 6.45. The Bertz CT molecular complexity index is 462. The van der Waals surface area contributed by atoms with E-state index in [1.807, 2.05) is 0 Å². The summed E-state index contributed by atoms with van der Waals surface area (Å²) >= 11 is 0.793. The highest BCUT2D eigenvalue weighted by molar-refractivity contribution is 8.01. The van der Waals surface area contributed by atoms with Crippen LogP contribution in [0.5, 0.6) is 0 Å². The van der Waals surface area contributed by atoms with Gasteiger partial charge in [-0.1, -0.05) is 18.2 Å². The van der Waals surface area contributed by atoms with Crippen LogP contribution in [-0.4, -0.2) is 39.1 Å². The average molecular weight is 283 g/mol. The van der Waals surface area contributed by atoms with Gasteiger partial charge < -0.3 is 15.5 Å². The molecule has 102 valence electrons. The van der Waals surface area contributed by atoms with E-state index in [0.717, 1.165) is 11.8 Å². The van der Waals surface area contributed by atoms with E-state index in [2.05, 4.69) is 5.32 Å². The van der Waals surface area contributed by atoms with Crippen molar-refractivity contribution in [2.45, 2.75) is 11.7 Å². The topological polar surface area (TPSA) is 104 Å². The number of thioether (sulfide) groups is 1. The number of hydrogen-bond acceptors (Lipinski definition) is 4. The third-order valence-corrected chi connectivity index (χ3v) is 3.31. The first-order valence-electron chi connectivity index (χ1n) is 5.40. The van der Waals surface area contributed by atoms with E-state index >= 15 is 0 Å². The molecule has 7 heteroatoms. The molecule has 1 aromatic rings. The summed E-state index contributed by atoms with van der Waals surface area (Å²) in [5.41, 5.74) is 0.609. The first kappa shape index (κ1) is 15.0. The molecule has 0 aliphatic rings. The highest BCUT2D eigenvalue weighted by Crippen LogP contribution is 2.16. The fourth-order valence-corrected chi connectivity index (χ4v) is 2.10. The third kappa shape index (κ3) is 5.91. The van der Waals surface area contributed by atoms with E-state index < -0.39 is 23.6 Å². The van der Waals surface area contributed by atoms with E-state index in [1.165, 1.54) is 0 Å². The lowest BCUT2D eigenvalue weighted by atomic mass is 10.3. The lowest BCUT2D eigenvalue weighted by Crippen LogP contribution is -2.23. The van der Waals surface area contributed by atoms with E-state index in [9.17, 15) is 14.4 Å². The Morgan fingerprint density at radius 3 is 2.32 bits per heavy atom. The molecule has 0 radical (unpaired) electrons. The second-order valence-corrected chi connectivity index (χ2v) is 4.84. The van der Waals surface area contributed by atoms with Crippen LogP contribution in [-0.2, 0) is 14.4 Å². The maximum atomic E-state index is 11.6. The maximum absolute atomic E-state index is 11.6. The standard InChI is InChI=1S/C12H13NO5S/c14-10(13-8-4-2-1-3-5-8)7-19-9(12(17)18)6-11(15)16/h1-5,9H,6-7H2,(H,13,14)(H,15,16)(H,17,18)/t9-/m1/s1. The van der Waals surface area contributed by atoms with Crippen LogP contribution in [0.2, 0.25) is 0 Å². The molecule has 1 amide bonds. The molecule has 0 saturated carbocycles. The Morgan fingerprint density at radius 2 is 1.79 bits per heavy atom. The number of carbonyl (C=O) groups excluding carboxylic acids is 1. The fourth-order valence-electron chi connectivity index (χ4n) is 1.27. The van der Waals surface area contributed by atoms with Crippen LogP contribution < -0.4 is 5.32 Å². The smallest absolute Gasteiger partial charge is 0.317 e. The predicted octanol–water partition coefficient (Wildman–Crippen LogP) is 1.29. The van der Waals surface area contributed by atoms with Gasteiger partial charge in [0.2, 0.25) is 5.91 Å². The second kappa shape index (κ2) is 7.42. The summed E-state index contributed by atoms with van der Waals surface area (Å²) in [4.78, 5) is 32.8. The summed E-state index contributed by atoms with van der Waals surface area (Å²) in [6, 6.07) is 8.72. The van der Waals surface area contributed by atoms with Gasteiger partial charge in [0.05, 0.1) is 12.2 Å². The molecular weight excluding hydrogens is 270 g/mol. The molecule has 0 fully saturated rings. The van der Waals surface area contributed by atoms with Crippen LogP contribution in [0.25, 0.3) is 0 Å². The van der Waals surface area contributed by atoms with Crippen molar-refractivity contribution >= 4 is 35.3 Å².